The van der Waals surface area contributed by atoms with Crippen molar-refractivity contribution in [2.24, 2.45) is 0 Å². The third-order valence-corrected chi connectivity index (χ3v) is 4.22. The number of fused-ring (bicyclic) bond motifs is 1. The van der Waals surface area contributed by atoms with Crippen molar-refractivity contribution in [1.29, 1.82) is 0 Å². The third-order valence-electron chi connectivity index (χ3n) is 4.22. The third kappa shape index (κ3) is 3.70. The van der Waals surface area contributed by atoms with Crippen LogP contribution < -0.4 is 10.2 Å². The Labute approximate surface area is 136 Å². The van der Waals surface area contributed by atoms with E-state index in [4.69, 9.17) is 0 Å². The van der Waals surface area contributed by atoms with Crippen LogP contribution in [0.3, 0.4) is 0 Å². The number of likely N-dealkylation sites (N-methyl/N-ethyl adjacent to an activating group) is 1. The molecule has 0 saturated heterocycles. The first-order chi connectivity index (χ1) is 11.3. The molecule has 1 aromatic heterocycles. The number of amides is 1. The fraction of sp³-hybridized carbons (Fsp3) is 0.471. The lowest BCUT2D eigenvalue weighted by Crippen LogP contribution is -2.37. The molecule has 0 spiro atoms. The first-order valence-electron chi connectivity index (χ1n) is 8.25. The number of hydrogen-bond acceptors (Lipinski definition) is 4. The molecule has 0 aliphatic carbocycles. The van der Waals surface area contributed by atoms with Crippen molar-refractivity contribution in [3.05, 3.63) is 42.0 Å². The summed E-state index contributed by atoms with van der Waals surface area (Å²) in [5.74, 6) is 1.90. The number of aromatic nitrogens is 3. The Bertz CT molecular complexity index is 652. The smallest absolute Gasteiger partial charge is 0.239 e. The summed E-state index contributed by atoms with van der Waals surface area (Å²) in [6, 6.07) is 9.99. The van der Waals surface area contributed by atoms with Gasteiger partial charge in [0.1, 0.15) is 5.82 Å². The molecule has 0 bridgehead atoms. The van der Waals surface area contributed by atoms with Gasteiger partial charge in [-0.05, 0) is 31.9 Å². The molecule has 6 heteroatoms. The lowest BCUT2D eigenvalue weighted by molar-refractivity contribution is -0.120. The molecule has 0 atom stereocenters. The van der Waals surface area contributed by atoms with Gasteiger partial charge in [0.05, 0.1) is 13.1 Å². The van der Waals surface area contributed by atoms with Crippen LogP contribution in [0.15, 0.2) is 30.3 Å². The Morgan fingerprint density at radius 2 is 2.09 bits per heavy atom. The number of carbonyl (C=O) groups excluding carboxylic acids is 1. The predicted octanol–water partition coefficient (Wildman–Crippen LogP) is 1.76. The normalized spacial score (nSPS) is 13.4. The molecule has 0 fully saturated rings. The minimum atomic E-state index is 0.00358. The van der Waals surface area contributed by atoms with E-state index in [1.807, 2.05) is 30.3 Å². The standard InChI is InChI=1S/C17H23N5O/c1-2-21(14-8-4-3-5-9-14)13-17(23)18-12-16-20-19-15-10-6-7-11-22(15)16/h3-5,8-9H,2,6-7,10-13H2,1H3,(H,18,23). The van der Waals surface area contributed by atoms with Crippen molar-refractivity contribution in [3.63, 3.8) is 0 Å². The highest BCUT2D eigenvalue weighted by molar-refractivity contribution is 5.81. The van der Waals surface area contributed by atoms with Gasteiger partial charge in [-0.15, -0.1) is 10.2 Å². The maximum Gasteiger partial charge on any atom is 0.239 e. The lowest BCUT2D eigenvalue weighted by atomic mass is 10.2. The summed E-state index contributed by atoms with van der Waals surface area (Å²) in [4.78, 5) is 14.3. The molecule has 1 aliphatic heterocycles. The lowest BCUT2D eigenvalue weighted by Gasteiger charge is -2.22. The molecular formula is C17H23N5O. The summed E-state index contributed by atoms with van der Waals surface area (Å²) in [6.07, 6.45) is 3.31. The van der Waals surface area contributed by atoms with Crippen LogP contribution in [-0.4, -0.2) is 33.8 Å². The molecule has 1 N–H and O–H groups in total. The number of carbonyl (C=O) groups is 1. The average molecular weight is 313 g/mol. The Morgan fingerprint density at radius 3 is 2.87 bits per heavy atom. The number of hydrogen-bond donors (Lipinski definition) is 1. The highest BCUT2D eigenvalue weighted by Gasteiger charge is 2.16. The SMILES string of the molecule is CCN(CC(=O)NCc1nnc2n1CCCC2)c1ccccc1. The average Bonchev–Trinajstić information content (AvgIpc) is 3.02. The number of nitrogens with zero attached hydrogens (tertiary/aromatic N) is 4. The molecule has 0 radical (unpaired) electrons. The Balaban J connectivity index is 1.56. The molecule has 0 saturated carbocycles. The fourth-order valence-corrected chi connectivity index (χ4v) is 2.93. The fourth-order valence-electron chi connectivity index (χ4n) is 2.93. The second kappa shape index (κ2) is 7.26. The van der Waals surface area contributed by atoms with Crippen molar-refractivity contribution in [3.8, 4) is 0 Å². The zero-order chi connectivity index (χ0) is 16.1. The van der Waals surface area contributed by atoms with Crippen molar-refractivity contribution in [2.45, 2.75) is 39.3 Å². The van der Waals surface area contributed by atoms with Crippen LogP contribution in [0.1, 0.15) is 31.4 Å². The number of anilines is 1. The van der Waals surface area contributed by atoms with Gasteiger partial charge in [-0.1, -0.05) is 18.2 Å². The van der Waals surface area contributed by atoms with Crippen molar-refractivity contribution in [1.82, 2.24) is 20.1 Å². The van der Waals surface area contributed by atoms with E-state index in [-0.39, 0.29) is 5.91 Å². The predicted molar refractivity (Wildman–Crippen MR) is 89.1 cm³/mol. The minimum Gasteiger partial charge on any atom is -0.363 e. The van der Waals surface area contributed by atoms with Gasteiger partial charge in [0, 0.05) is 25.2 Å². The van der Waals surface area contributed by atoms with Gasteiger partial charge in [0.25, 0.3) is 0 Å². The second-order valence-corrected chi connectivity index (χ2v) is 5.77. The summed E-state index contributed by atoms with van der Waals surface area (Å²) in [5.41, 5.74) is 1.06. The van der Waals surface area contributed by atoms with Crippen molar-refractivity contribution >= 4 is 11.6 Å². The highest BCUT2D eigenvalue weighted by Crippen LogP contribution is 2.14. The van der Waals surface area contributed by atoms with E-state index < -0.39 is 0 Å². The van der Waals surface area contributed by atoms with Gasteiger partial charge in [-0.3, -0.25) is 4.79 Å². The van der Waals surface area contributed by atoms with Crippen molar-refractivity contribution in [2.75, 3.05) is 18.0 Å². The number of para-hydroxylation sites is 1. The van der Waals surface area contributed by atoms with E-state index >= 15 is 0 Å². The van der Waals surface area contributed by atoms with Crippen LogP contribution in [0, 0.1) is 0 Å². The van der Waals surface area contributed by atoms with Crippen LogP contribution in [0.5, 0.6) is 0 Å². The van der Waals surface area contributed by atoms with Gasteiger partial charge >= 0.3 is 0 Å². The van der Waals surface area contributed by atoms with Gasteiger partial charge in [-0.2, -0.15) is 0 Å². The molecule has 122 valence electrons. The van der Waals surface area contributed by atoms with Gasteiger partial charge in [-0.25, -0.2) is 0 Å². The van der Waals surface area contributed by atoms with E-state index in [1.165, 1.54) is 6.42 Å². The van der Waals surface area contributed by atoms with Gasteiger partial charge in [0.2, 0.25) is 5.91 Å². The molecule has 1 amide bonds. The monoisotopic (exact) mass is 313 g/mol. The first-order valence-corrected chi connectivity index (χ1v) is 8.25. The topological polar surface area (TPSA) is 63.1 Å². The zero-order valence-electron chi connectivity index (χ0n) is 13.5. The molecule has 0 unspecified atom stereocenters. The Kier molecular flexibility index (Phi) is 4.90. The molecule has 1 aliphatic rings. The van der Waals surface area contributed by atoms with Crippen molar-refractivity contribution < 1.29 is 4.79 Å². The summed E-state index contributed by atoms with van der Waals surface area (Å²) in [7, 11) is 0. The van der Waals surface area contributed by atoms with Crippen LogP contribution in [0.2, 0.25) is 0 Å². The summed E-state index contributed by atoms with van der Waals surface area (Å²) in [6.45, 7) is 4.59. The number of nitrogens with one attached hydrogen (secondary N) is 1. The van der Waals surface area contributed by atoms with E-state index in [1.54, 1.807) is 0 Å². The first kappa shape index (κ1) is 15.5. The zero-order valence-corrected chi connectivity index (χ0v) is 13.5. The van der Waals surface area contributed by atoms with Gasteiger partial charge < -0.3 is 14.8 Å². The number of aryl methyl sites for hydroxylation is 1. The maximum absolute atomic E-state index is 12.2. The molecule has 3 rings (SSSR count). The summed E-state index contributed by atoms with van der Waals surface area (Å²) < 4.78 is 2.14. The van der Waals surface area contributed by atoms with E-state index in [0.717, 1.165) is 43.3 Å². The summed E-state index contributed by atoms with van der Waals surface area (Å²) >= 11 is 0. The Morgan fingerprint density at radius 1 is 1.26 bits per heavy atom. The molecule has 2 heterocycles. The van der Waals surface area contributed by atoms with E-state index in [0.29, 0.717) is 13.1 Å². The summed E-state index contributed by atoms with van der Waals surface area (Å²) in [5, 5.41) is 11.4. The van der Waals surface area contributed by atoms with Crippen LogP contribution in [0.4, 0.5) is 5.69 Å². The van der Waals surface area contributed by atoms with Gasteiger partial charge in [0.15, 0.2) is 5.82 Å². The Hall–Kier alpha value is -2.37. The second-order valence-electron chi connectivity index (χ2n) is 5.77. The largest absolute Gasteiger partial charge is 0.363 e. The number of benzene rings is 1. The van der Waals surface area contributed by atoms with Crippen LogP contribution in [0.25, 0.3) is 0 Å². The minimum absolute atomic E-state index is 0.00358. The number of rotatable bonds is 6. The molecular weight excluding hydrogens is 290 g/mol. The van der Waals surface area contributed by atoms with Crippen LogP contribution >= 0.6 is 0 Å². The molecule has 23 heavy (non-hydrogen) atoms. The highest BCUT2D eigenvalue weighted by atomic mass is 16.2. The maximum atomic E-state index is 12.2. The molecule has 2 aromatic rings. The quantitative estimate of drug-likeness (QED) is 0.882. The molecule has 6 nitrogen and oxygen atoms in total. The van der Waals surface area contributed by atoms with E-state index in [9.17, 15) is 4.79 Å². The van der Waals surface area contributed by atoms with E-state index in [2.05, 4.69) is 31.9 Å². The molecule has 1 aromatic carbocycles. The van der Waals surface area contributed by atoms with Crippen LogP contribution in [-0.2, 0) is 24.3 Å².